The van der Waals surface area contributed by atoms with Gasteiger partial charge in [-0.25, -0.2) is 14.4 Å². The molecule has 0 fully saturated rings. The summed E-state index contributed by atoms with van der Waals surface area (Å²) in [5, 5.41) is 19.5. The van der Waals surface area contributed by atoms with Crippen LogP contribution in [0.25, 0.3) is 11.1 Å². The van der Waals surface area contributed by atoms with Crippen molar-refractivity contribution in [3.63, 3.8) is 0 Å². The minimum atomic E-state index is -1.20. The zero-order valence-electron chi connectivity index (χ0n) is 15.8. The monoisotopic (exact) mass is 382 g/mol. The van der Waals surface area contributed by atoms with Crippen LogP contribution < -0.4 is 0 Å². The van der Waals surface area contributed by atoms with Gasteiger partial charge in [0.1, 0.15) is 0 Å². The van der Waals surface area contributed by atoms with Crippen molar-refractivity contribution < 1.29 is 29.3 Å². The number of hydrogen-bond acceptors (Lipinski definition) is 4. The number of esters is 1. The number of aryl methyl sites for hydroxylation is 1. The molecule has 0 heterocycles. The smallest absolute Gasteiger partial charge is 0.336 e. The maximum atomic E-state index is 12.1. The normalized spacial score (nSPS) is 10.4. The first kappa shape index (κ1) is 20.9. The number of benzene rings is 2. The van der Waals surface area contributed by atoms with Crippen molar-refractivity contribution in [1.29, 1.82) is 0 Å². The van der Waals surface area contributed by atoms with Crippen LogP contribution in [-0.2, 0) is 16.0 Å². The lowest BCUT2D eigenvalue weighted by Gasteiger charge is -2.18. The Morgan fingerprint density at radius 2 is 1.71 bits per heavy atom. The van der Waals surface area contributed by atoms with Gasteiger partial charge in [-0.3, -0.25) is 0 Å². The minimum Gasteiger partial charge on any atom is -0.478 e. The molecule has 0 atom stereocenters. The molecule has 0 aliphatic rings. The highest BCUT2D eigenvalue weighted by Crippen LogP contribution is 2.33. The van der Waals surface area contributed by atoms with Crippen LogP contribution in [0.3, 0.4) is 0 Å². The van der Waals surface area contributed by atoms with Crippen molar-refractivity contribution >= 4 is 17.9 Å². The molecule has 2 rings (SSSR count). The lowest BCUT2D eigenvalue weighted by atomic mass is 9.86. The summed E-state index contributed by atoms with van der Waals surface area (Å²) in [6, 6.07) is 10.1. The molecule has 0 radical (unpaired) electrons. The molecule has 0 unspecified atom stereocenters. The van der Waals surface area contributed by atoms with E-state index < -0.39 is 17.9 Å². The van der Waals surface area contributed by atoms with Crippen LogP contribution in [0.5, 0.6) is 0 Å². The molecule has 0 bridgehead atoms. The van der Waals surface area contributed by atoms with Crippen LogP contribution >= 0.6 is 0 Å². The summed E-state index contributed by atoms with van der Waals surface area (Å²) in [5.74, 6) is -2.88. The standard InChI is InChI=1S/C22H22O6/c1-13(2)22(27)28-11-7-10-16-14(3)12-17(20(23)24)18(19(16)21(25)26)15-8-5-4-6-9-15/h4-6,8-9,12H,1,7,10-11H2,2-3H3,(H,23,24)(H,25,26). The van der Waals surface area contributed by atoms with Gasteiger partial charge in [-0.05, 0) is 49.4 Å². The SMILES string of the molecule is C=C(C)C(=O)OCCCc1c(C)cc(C(=O)O)c(-c2ccccc2)c1C(=O)O. The first-order chi connectivity index (χ1) is 13.2. The number of carboxylic acid groups (broad SMARTS) is 2. The number of carbonyl (C=O) groups excluding carboxylic acids is 1. The van der Waals surface area contributed by atoms with Crippen molar-refractivity contribution in [2.24, 2.45) is 0 Å². The molecule has 0 amide bonds. The maximum absolute atomic E-state index is 12.1. The Kier molecular flexibility index (Phi) is 6.71. The zero-order chi connectivity index (χ0) is 20.8. The predicted octanol–water partition coefficient (Wildman–Crippen LogP) is 4.11. The van der Waals surface area contributed by atoms with Crippen LogP contribution in [0.2, 0.25) is 0 Å². The summed E-state index contributed by atoms with van der Waals surface area (Å²) in [7, 11) is 0. The fourth-order valence-corrected chi connectivity index (χ4v) is 3.03. The van der Waals surface area contributed by atoms with E-state index in [2.05, 4.69) is 6.58 Å². The topological polar surface area (TPSA) is 101 Å². The van der Waals surface area contributed by atoms with Crippen LogP contribution in [0, 0.1) is 6.92 Å². The third-order valence-electron chi connectivity index (χ3n) is 4.32. The average Bonchev–Trinajstić information content (AvgIpc) is 2.65. The average molecular weight is 382 g/mol. The van der Waals surface area contributed by atoms with Crippen molar-refractivity contribution in [1.82, 2.24) is 0 Å². The van der Waals surface area contributed by atoms with Gasteiger partial charge >= 0.3 is 17.9 Å². The molecule has 6 heteroatoms. The van der Waals surface area contributed by atoms with Crippen LogP contribution in [0.4, 0.5) is 0 Å². The molecule has 0 aliphatic carbocycles. The highest BCUT2D eigenvalue weighted by Gasteiger charge is 2.25. The second-order valence-electron chi connectivity index (χ2n) is 6.47. The first-order valence-electron chi connectivity index (χ1n) is 8.75. The molecule has 0 saturated carbocycles. The molecular weight excluding hydrogens is 360 g/mol. The summed E-state index contributed by atoms with van der Waals surface area (Å²) in [6.07, 6.45) is 0.734. The third-order valence-corrected chi connectivity index (χ3v) is 4.32. The molecule has 2 aromatic carbocycles. The van der Waals surface area contributed by atoms with Crippen LogP contribution in [0.1, 0.15) is 45.2 Å². The van der Waals surface area contributed by atoms with Crippen LogP contribution in [0.15, 0.2) is 48.6 Å². The van der Waals surface area contributed by atoms with E-state index in [1.807, 2.05) is 0 Å². The van der Waals surface area contributed by atoms with Crippen molar-refractivity contribution in [3.05, 3.63) is 70.8 Å². The summed E-state index contributed by atoms with van der Waals surface area (Å²) < 4.78 is 5.06. The van der Waals surface area contributed by atoms with Gasteiger partial charge in [0.2, 0.25) is 0 Å². The Morgan fingerprint density at radius 3 is 2.25 bits per heavy atom. The molecule has 0 saturated heterocycles. The highest BCUT2D eigenvalue weighted by atomic mass is 16.5. The van der Waals surface area contributed by atoms with E-state index in [4.69, 9.17) is 4.74 Å². The van der Waals surface area contributed by atoms with Crippen molar-refractivity contribution in [2.45, 2.75) is 26.7 Å². The summed E-state index contributed by atoms with van der Waals surface area (Å²) in [5.41, 5.74) is 2.00. The van der Waals surface area contributed by atoms with E-state index in [0.717, 1.165) is 0 Å². The number of carbonyl (C=O) groups is 3. The first-order valence-corrected chi connectivity index (χ1v) is 8.75. The summed E-state index contributed by atoms with van der Waals surface area (Å²) >= 11 is 0. The number of rotatable bonds is 8. The van der Waals surface area contributed by atoms with Crippen molar-refractivity contribution in [3.8, 4) is 11.1 Å². The van der Waals surface area contributed by atoms with Gasteiger partial charge in [-0.2, -0.15) is 0 Å². The fourth-order valence-electron chi connectivity index (χ4n) is 3.03. The second-order valence-corrected chi connectivity index (χ2v) is 6.47. The Hall–Kier alpha value is -3.41. The van der Waals surface area contributed by atoms with E-state index in [9.17, 15) is 24.6 Å². The highest BCUT2D eigenvalue weighted by molar-refractivity contribution is 6.06. The molecule has 0 aromatic heterocycles. The molecule has 0 aliphatic heterocycles. The quantitative estimate of drug-likeness (QED) is 0.405. The third kappa shape index (κ3) is 4.65. The molecular formula is C22H22O6. The largest absolute Gasteiger partial charge is 0.478 e. The van der Waals surface area contributed by atoms with Gasteiger partial charge in [0.05, 0.1) is 17.7 Å². The Bertz CT molecular complexity index is 928. The minimum absolute atomic E-state index is 0.0326. The fraction of sp³-hybridized carbons (Fsp3) is 0.227. The van der Waals surface area contributed by atoms with E-state index in [0.29, 0.717) is 35.1 Å². The Morgan fingerprint density at radius 1 is 1.07 bits per heavy atom. The lowest BCUT2D eigenvalue weighted by Crippen LogP contribution is -2.14. The maximum Gasteiger partial charge on any atom is 0.336 e. The molecule has 146 valence electrons. The number of carboxylic acids is 2. The Balaban J connectivity index is 2.48. The number of hydrogen-bond donors (Lipinski definition) is 2. The molecule has 6 nitrogen and oxygen atoms in total. The molecule has 28 heavy (non-hydrogen) atoms. The predicted molar refractivity (Wildman–Crippen MR) is 105 cm³/mol. The molecule has 2 aromatic rings. The van der Waals surface area contributed by atoms with Gasteiger partial charge in [0, 0.05) is 11.1 Å². The van der Waals surface area contributed by atoms with Gasteiger partial charge in [-0.15, -0.1) is 0 Å². The van der Waals surface area contributed by atoms with E-state index in [-0.39, 0.29) is 23.3 Å². The number of aromatic carboxylic acids is 2. The number of ether oxygens (including phenoxy) is 1. The molecule has 0 spiro atoms. The Labute approximate surface area is 163 Å². The van der Waals surface area contributed by atoms with Gasteiger partial charge in [-0.1, -0.05) is 36.9 Å². The van der Waals surface area contributed by atoms with E-state index in [1.165, 1.54) is 6.07 Å². The summed E-state index contributed by atoms with van der Waals surface area (Å²) in [6.45, 7) is 6.85. The zero-order valence-corrected chi connectivity index (χ0v) is 15.8. The lowest BCUT2D eigenvalue weighted by molar-refractivity contribution is -0.139. The van der Waals surface area contributed by atoms with Crippen molar-refractivity contribution in [2.75, 3.05) is 6.61 Å². The van der Waals surface area contributed by atoms with E-state index >= 15 is 0 Å². The second kappa shape index (κ2) is 8.99. The van der Waals surface area contributed by atoms with E-state index in [1.54, 1.807) is 44.2 Å². The van der Waals surface area contributed by atoms with Gasteiger partial charge in [0.25, 0.3) is 0 Å². The van der Waals surface area contributed by atoms with Gasteiger partial charge in [0.15, 0.2) is 0 Å². The summed E-state index contributed by atoms with van der Waals surface area (Å²) in [4.78, 5) is 35.3. The molecule has 2 N–H and O–H groups in total. The van der Waals surface area contributed by atoms with Gasteiger partial charge < -0.3 is 14.9 Å². The van der Waals surface area contributed by atoms with Crippen LogP contribution in [-0.4, -0.2) is 34.7 Å².